The fourth-order valence-electron chi connectivity index (χ4n) is 1.97. The Hall–Kier alpha value is -1.75. The minimum Gasteiger partial charge on any atom is -0.312 e. The van der Waals surface area contributed by atoms with Crippen molar-refractivity contribution in [2.75, 3.05) is 6.54 Å². The fraction of sp³-hybridized carbons (Fsp3) is 0.533. The van der Waals surface area contributed by atoms with Gasteiger partial charge in [0.15, 0.2) is 0 Å². The number of aromatic nitrogens is 4. The molecule has 108 valence electrons. The van der Waals surface area contributed by atoms with Crippen LogP contribution in [0.3, 0.4) is 0 Å². The minimum atomic E-state index is 0.631. The summed E-state index contributed by atoms with van der Waals surface area (Å²) in [5.74, 6) is 1.28. The van der Waals surface area contributed by atoms with E-state index in [0.717, 1.165) is 30.0 Å². The number of nitrogens with zero attached hydrogens (tertiary/aromatic N) is 4. The van der Waals surface area contributed by atoms with Crippen molar-refractivity contribution >= 4 is 0 Å². The summed E-state index contributed by atoms with van der Waals surface area (Å²) in [7, 11) is 0. The van der Waals surface area contributed by atoms with Crippen molar-refractivity contribution in [2.24, 2.45) is 5.92 Å². The van der Waals surface area contributed by atoms with Gasteiger partial charge in [-0.25, -0.2) is 14.6 Å². The number of rotatable bonds is 5. The highest BCUT2D eigenvalue weighted by atomic mass is 15.4. The molecule has 0 spiro atoms. The lowest BCUT2D eigenvalue weighted by molar-refractivity contribution is 0.551. The number of nitrogens with one attached hydrogen (secondary N) is 1. The second kappa shape index (κ2) is 6.13. The van der Waals surface area contributed by atoms with E-state index < -0.39 is 0 Å². The van der Waals surface area contributed by atoms with E-state index in [4.69, 9.17) is 0 Å². The molecule has 2 rings (SSSR count). The molecule has 5 heteroatoms. The van der Waals surface area contributed by atoms with Crippen LogP contribution in [0.25, 0.3) is 5.95 Å². The summed E-state index contributed by atoms with van der Waals surface area (Å²) in [5, 5.41) is 7.85. The third kappa shape index (κ3) is 3.22. The normalized spacial score (nSPS) is 11.3. The Labute approximate surface area is 120 Å². The summed E-state index contributed by atoms with van der Waals surface area (Å²) in [5.41, 5.74) is 4.39. The molecule has 2 heterocycles. The van der Waals surface area contributed by atoms with Crippen molar-refractivity contribution in [3.8, 4) is 5.95 Å². The van der Waals surface area contributed by atoms with Crippen LogP contribution in [0.5, 0.6) is 0 Å². The van der Waals surface area contributed by atoms with E-state index in [1.54, 1.807) is 4.68 Å². The van der Waals surface area contributed by atoms with Crippen molar-refractivity contribution in [3.05, 3.63) is 34.9 Å². The van der Waals surface area contributed by atoms with Gasteiger partial charge >= 0.3 is 0 Å². The van der Waals surface area contributed by atoms with E-state index in [2.05, 4.69) is 41.2 Å². The minimum absolute atomic E-state index is 0.631. The maximum absolute atomic E-state index is 4.47. The maximum Gasteiger partial charge on any atom is 0.250 e. The summed E-state index contributed by atoms with van der Waals surface area (Å²) >= 11 is 0. The van der Waals surface area contributed by atoms with E-state index >= 15 is 0 Å². The second-order valence-electron chi connectivity index (χ2n) is 5.62. The van der Waals surface area contributed by atoms with Crippen molar-refractivity contribution in [3.63, 3.8) is 0 Å². The van der Waals surface area contributed by atoms with Gasteiger partial charge < -0.3 is 5.32 Å². The van der Waals surface area contributed by atoms with E-state index in [1.807, 2.05) is 26.2 Å². The molecule has 2 aromatic rings. The van der Waals surface area contributed by atoms with Crippen LogP contribution in [0.1, 0.15) is 36.4 Å². The van der Waals surface area contributed by atoms with Crippen molar-refractivity contribution in [1.82, 2.24) is 25.1 Å². The van der Waals surface area contributed by atoms with Gasteiger partial charge in [-0.3, -0.25) is 0 Å². The Kier molecular flexibility index (Phi) is 4.49. The molecule has 0 bridgehead atoms. The number of hydrogen-bond donors (Lipinski definition) is 1. The molecule has 0 aliphatic rings. The van der Waals surface area contributed by atoms with Crippen LogP contribution < -0.4 is 5.32 Å². The Bertz CT molecular complexity index is 569. The van der Waals surface area contributed by atoms with Gasteiger partial charge in [0.1, 0.15) is 0 Å². The summed E-state index contributed by atoms with van der Waals surface area (Å²) in [6, 6.07) is 0. The first kappa shape index (κ1) is 14.7. The molecule has 2 aromatic heterocycles. The zero-order valence-corrected chi connectivity index (χ0v) is 12.9. The van der Waals surface area contributed by atoms with Gasteiger partial charge in [0, 0.05) is 30.2 Å². The first-order valence-electron chi connectivity index (χ1n) is 7.04. The van der Waals surface area contributed by atoms with Crippen LogP contribution >= 0.6 is 0 Å². The maximum atomic E-state index is 4.47. The predicted molar refractivity (Wildman–Crippen MR) is 79.9 cm³/mol. The van der Waals surface area contributed by atoms with Gasteiger partial charge in [-0.1, -0.05) is 13.8 Å². The van der Waals surface area contributed by atoms with Crippen LogP contribution in [0.15, 0.2) is 12.4 Å². The highest BCUT2D eigenvalue weighted by Gasteiger charge is 2.10. The average molecular weight is 273 g/mol. The van der Waals surface area contributed by atoms with Crippen LogP contribution in [0.4, 0.5) is 0 Å². The molecular formula is C15H23N5. The van der Waals surface area contributed by atoms with Gasteiger partial charge in [-0.05, 0) is 38.8 Å². The fourth-order valence-corrected chi connectivity index (χ4v) is 1.97. The van der Waals surface area contributed by atoms with Gasteiger partial charge in [0.05, 0.1) is 5.69 Å². The van der Waals surface area contributed by atoms with Crippen molar-refractivity contribution in [2.45, 2.75) is 41.2 Å². The van der Waals surface area contributed by atoms with Gasteiger partial charge in [-0.2, -0.15) is 5.10 Å². The molecule has 0 atom stereocenters. The van der Waals surface area contributed by atoms with Crippen LogP contribution in [0.2, 0.25) is 0 Å². The Morgan fingerprint density at radius 3 is 2.30 bits per heavy atom. The summed E-state index contributed by atoms with van der Waals surface area (Å²) in [4.78, 5) is 8.82. The van der Waals surface area contributed by atoms with Crippen LogP contribution in [-0.2, 0) is 6.54 Å². The van der Waals surface area contributed by atoms with E-state index in [1.165, 1.54) is 5.56 Å². The lowest BCUT2D eigenvalue weighted by Crippen LogP contribution is -2.19. The van der Waals surface area contributed by atoms with Crippen molar-refractivity contribution in [1.29, 1.82) is 0 Å². The molecule has 0 unspecified atom stereocenters. The standard InChI is InChI=1S/C15H23N5/c1-10(2)6-16-7-14-8-17-15(18-9-14)20-13(5)11(3)12(4)19-20/h8-10,16H,6-7H2,1-5H3. The number of aryl methyl sites for hydroxylation is 1. The Balaban J connectivity index is 2.10. The summed E-state index contributed by atoms with van der Waals surface area (Å²) in [6.45, 7) is 12.3. The van der Waals surface area contributed by atoms with Gasteiger partial charge in [-0.15, -0.1) is 0 Å². The van der Waals surface area contributed by atoms with Gasteiger partial charge in [0.2, 0.25) is 0 Å². The number of hydrogen-bond acceptors (Lipinski definition) is 4. The molecule has 0 saturated heterocycles. The molecule has 0 fully saturated rings. The van der Waals surface area contributed by atoms with E-state index in [0.29, 0.717) is 11.9 Å². The first-order valence-corrected chi connectivity index (χ1v) is 7.04. The molecule has 0 saturated carbocycles. The smallest absolute Gasteiger partial charge is 0.250 e. The van der Waals surface area contributed by atoms with E-state index in [9.17, 15) is 0 Å². The molecule has 0 amide bonds. The third-order valence-electron chi connectivity index (χ3n) is 3.42. The summed E-state index contributed by atoms with van der Waals surface area (Å²) in [6.07, 6.45) is 3.73. The summed E-state index contributed by atoms with van der Waals surface area (Å²) < 4.78 is 1.80. The Morgan fingerprint density at radius 2 is 1.80 bits per heavy atom. The first-order chi connectivity index (χ1) is 9.49. The zero-order valence-electron chi connectivity index (χ0n) is 12.9. The quantitative estimate of drug-likeness (QED) is 0.908. The largest absolute Gasteiger partial charge is 0.312 e. The Morgan fingerprint density at radius 1 is 1.15 bits per heavy atom. The molecule has 0 radical (unpaired) electrons. The average Bonchev–Trinajstić information content (AvgIpc) is 2.67. The van der Waals surface area contributed by atoms with E-state index in [-0.39, 0.29) is 0 Å². The monoisotopic (exact) mass is 273 g/mol. The van der Waals surface area contributed by atoms with Crippen molar-refractivity contribution < 1.29 is 0 Å². The van der Waals surface area contributed by atoms with Crippen LogP contribution in [0, 0.1) is 26.7 Å². The predicted octanol–water partition coefficient (Wildman–Crippen LogP) is 2.33. The zero-order chi connectivity index (χ0) is 14.7. The third-order valence-corrected chi connectivity index (χ3v) is 3.42. The lowest BCUT2D eigenvalue weighted by atomic mass is 10.2. The molecule has 20 heavy (non-hydrogen) atoms. The molecule has 5 nitrogen and oxygen atoms in total. The SMILES string of the molecule is Cc1nn(-c2ncc(CNCC(C)C)cn2)c(C)c1C. The highest BCUT2D eigenvalue weighted by molar-refractivity contribution is 5.28. The van der Waals surface area contributed by atoms with Gasteiger partial charge in [0.25, 0.3) is 5.95 Å². The molecule has 0 aromatic carbocycles. The molecule has 1 N–H and O–H groups in total. The molecular weight excluding hydrogens is 250 g/mol. The molecule has 0 aliphatic heterocycles. The highest BCUT2D eigenvalue weighted by Crippen LogP contribution is 2.13. The molecule has 0 aliphatic carbocycles. The van der Waals surface area contributed by atoms with Crippen LogP contribution in [-0.4, -0.2) is 26.3 Å². The lowest BCUT2D eigenvalue weighted by Gasteiger charge is -2.07. The second-order valence-corrected chi connectivity index (χ2v) is 5.62. The topological polar surface area (TPSA) is 55.6 Å².